The quantitative estimate of drug-likeness (QED) is 0.662. The number of methoxy groups -OCH3 is 1. The summed E-state index contributed by atoms with van der Waals surface area (Å²) in [7, 11) is 1.68. The molecular weight excluding hydrogens is 306 g/mol. The molecular formula is C18H19N3O3. The van der Waals surface area contributed by atoms with Crippen molar-refractivity contribution < 1.29 is 13.6 Å². The van der Waals surface area contributed by atoms with Crippen LogP contribution in [0.3, 0.4) is 0 Å². The Bertz CT molecular complexity index is 776. The summed E-state index contributed by atoms with van der Waals surface area (Å²) in [6.07, 6.45) is 4.03. The van der Waals surface area contributed by atoms with Gasteiger partial charge in [-0.05, 0) is 42.7 Å². The van der Waals surface area contributed by atoms with Crippen molar-refractivity contribution in [1.82, 2.24) is 15.1 Å². The van der Waals surface area contributed by atoms with Crippen LogP contribution in [0.25, 0.3) is 11.7 Å². The first kappa shape index (κ1) is 15.0. The zero-order valence-corrected chi connectivity index (χ0v) is 13.5. The summed E-state index contributed by atoms with van der Waals surface area (Å²) in [6, 6.07) is 12.4. The fourth-order valence-corrected chi connectivity index (χ4v) is 2.71. The van der Waals surface area contributed by atoms with Crippen LogP contribution >= 0.6 is 0 Å². The first-order chi connectivity index (χ1) is 11.8. The standard InChI is InChI=1S/C18H19N3O3/c1-22-15-8-4-13(5-9-15)11-21(14-6-7-14)12-17-19-20-18(24-17)16-3-2-10-23-16/h2-5,8-10,14H,6-7,11-12H2,1H3. The van der Waals surface area contributed by atoms with Gasteiger partial charge in [0, 0.05) is 12.6 Å². The average Bonchev–Trinajstić information content (AvgIpc) is 3.11. The van der Waals surface area contributed by atoms with Crippen molar-refractivity contribution in [3.05, 3.63) is 54.1 Å². The fourth-order valence-electron chi connectivity index (χ4n) is 2.71. The topological polar surface area (TPSA) is 64.5 Å². The Labute approximate surface area is 140 Å². The third-order valence-corrected chi connectivity index (χ3v) is 4.15. The van der Waals surface area contributed by atoms with Crippen LogP contribution in [-0.4, -0.2) is 28.2 Å². The predicted molar refractivity (Wildman–Crippen MR) is 87.3 cm³/mol. The highest BCUT2D eigenvalue weighted by molar-refractivity contribution is 5.42. The highest BCUT2D eigenvalue weighted by atomic mass is 16.5. The van der Waals surface area contributed by atoms with Crippen LogP contribution in [0.1, 0.15) is 24.3 Å². The zero-order valence-electron chi connectivity index (χ0n) is 13.5. The molecule has 124 valence electrons. The van der Waals surface area contributed by atoms with Crippen molar-refractivity contribution >= 4 is 0 Å². The maximum absolute atomic E-state index is 5.73. The van der Waals surface area contributed by atoms with Crippen molar-refractivity contribution in [3.8, 4) is 17.4 Å². The van der Waals surface area contributed by atoms with E-state index < -0.39 is 0 Å². The van der Waals surface area contributed by atoms with Gasteiger partial charge >= 0.3 is 0 Å². The van der Waals surface area contributed by atoms with E-state index in [1.54, 1.807) is 19.4 Å². The molecule has 1 aliphatic rings. The van der Waals surface area contributed by atoms with Gasteiger partial charge in [-0.3, -0.25) is 4.90 Å². The molecule has 1 aromatic carbocycles. The van der Waals surface area contributed by atoms with Crippen LogP contribution in [0.15, 0.2) is 51.5 Å². The minimum atomic E-state index is 0.426. The first-order valence-electron chi connectivity index (χ1n) is 8.05. The number of benzene rings is 1. The van der Waals surface area contributed by atoms with Gasteiger partial charge in [0.25, 0.3) is 5.89 Å². The molecule has 0 bridgehead atoms. The number of rotatable bonds is 7. The van der Waals surface area contributed by atoms with Gasteiger partial charge in [0.1, 0.15) is 5.75 Å². The number of hydrogen-bond acceptors (Lipinski definition) is 6. The average molecular weight is 325 g/mol. The molecule has 6 heteroatoms. The summed E-state index contributed by atoms with van der Waals surface area (Å²) in [5.74, 6) is 2.51. The first-order valence-corrected chi connectivity index (χ1v) is 8.05. The lowest BCUT2D eigenvalue weighted by molar-refractivity contribution is 0.221. The Kier molecular flexibility index (Phi) is 4.04. The summed E-state index contributed by atoms with van der Waals surface area (Å²) in [5.41, 5.74) is 1.24. The Morgan fingerprint density at radius 1 is 1.12 bits per heavy atom. The van der Waals surface area contributed by atoms with Crippen LogP contribution in [0.5, 0.6) is 5.75 Å². The van der Waals surface area contributed by atoms with Crippen molar-refractivity contribution in [1.29, 1.82) is 0 Å². The van der Waals surface area contributed by atoms with Gasteiger partial charge < -0.3 is 13.6 Å². The van der Waals surface area contributed by atoms with Gasteiger partial charge in [0.2, 0.25) is 5.89 Å². The van der Waals surface area contributed by atoms with E-state index in [1.165, 1.54) is 18.4 Å². The van der Waals surface area contributed by atoms with Gasteiger partial charge in [-0.15, -0.1) is 10.2 Å². The maximum atomic E-state index is 5.73. The van der Waals surface area contributed by atoms with E-state index in [2.05, 4.69) is 27.2 Å². The minimum Gasteiger partial charge on any atom is -0.497 e. The van der Waals surface area contributed by atoms with Crippen LogP contribution < -0.4 is 4.74 Å². The van der Waals surface area contributed by atoms with Gasteiger partial charge in [-0.1, -0.05) is 12.1 Å². The van der Waals surface area contributed by atoms with E-state index in [9.17, 15) is 0 Å². The van der Waals surface area contributed by atoms with Crippen LogP contribution in [0.2, 0.25) is 0 Å². The predicted octanol–water partition coefficient (Wildman–Crippen LogP) is 3.50. The molecule has 0 radical (unpaired) electrons. The molecule has 3 aromatic rings. The molecule has 0 amide bonds. The molecule has 24 heavy (non-hydrogen) atoms. The van der Waals surface area contributed by atoms with Crippen molar-refractivity contribution in [2.75, 3.05) is 7.11 Å². The van der Waals surface area contributed by atoms with E-state index >= 15 is 0 Å². The fraction of sp³-hybridized carbons (Fsp3) is 0.333. The number of ether oxygens (including phenoxy) is 1. The molecule has 1 fully saturated rings. The normalized spacial score (nSPS) is 14.2. The van der Waals surface area contributed by atoms with E-state index in [1.807, 2.05) is 18.2 Å². The van der Waals surface area contributed by atoms with E-state index in [0.29, 0.717) is 30.1 Å². The number of hydrogen-bond donors (Lipinski definition) is 0. The molecule has 0 aliphatic heterocycles. The maximum Gasteiger partial charge on any atom is 0.283 e. The highest BCUT2D eigenvalue weighted by Crippen LogP contribution is 2.30. The summed E-state index contributed by atoms with van der Waals surface area (Å²) in [6.45, 7) is 1.50. The van der Waals surface area contributed by atoms with Crippen LogP contribution in [0.4, 0.5) is 0 Å². The second kappa shape index (κ2) is 6.49. The molecule has 6 nitrogen and oxygen atoms in total. The van der Waals surface area contributed by atoms with E-state index in [4.69, 9.17) is 13.6 Å². The second-order valence-electron chi connectivity index (χ2n) is 5.96. The minimum absolute atomic E-state index is 0.426. The zero-order chi connectivity index (χ0) is 16.4. The Hall–Kier alpha value is -2.60. The molecule has 0 spiro atoms. The van der Waals surface area contributed by atoms with Crippen molar-refractivity contribution in [2.24, 2.45) is 0 Å². The van der Waals surface area contributed by atoms with E-state index in [0.717, 1.165) is 12.3 Å². The lowest BCUT2D eigenvalue weighted by atomic mass is 10.2. The Morgan fingerprint density at radius 2 is 1.96 bits per heavy atom. The van der Waals surface area contributed by atoms with E-state index in [-0.39, 0.29) is 0 Å². The largest absolute Gasteiger partial charge is 0.497 e. The van der Waals surface area contributed by atoms with Gasteiger partial charge in [0.05, 0.1) is 19.9 Å². The number of nitrogens with zero attached hydrogens (tertiary/aromatic N) is 3. The SMILES string of the molecule is COc1ccc(CN(Cc2nnc(-c3ccco3)o2)C2CC2)cc1. The summed E-state index contributed by atoms with van der Waals surface area (Å²) in [5, 5.41) is 8.22. The molecule has 2 heterocycles. The monoisotopic (exact) mass is 325 g/mol. The van der Waals surface area contributed by atoms with Gasteiger partial charge in [-0.2, -0.15) is 0 Å². The number of aromatic nitrogens is 2. The Balaban J connectivity index is 1.45. The molecule has 0 N–H and O–H groups in total. The van der Waals surface area contributed by atoms with Gasteiger partial charge in [0.15, 0.2) is 5.76 Å². The molecule has 1 aliphatic carbocycles. The smallest absolute Gasteiger partial charge is 0.283 e. The number of furan rings is 1. The summed E-state index contributed by atoms with van der Waals surface area (Å²) >= 11 is 0. The second-order valence-corrected chi connectivity index (χ2v) is 5.96. The molecule has 4 rings (SSSR count). The third kappa shape index (κ3) is 3.33. The molecule has 0 unspecified atom stereocenters. The molecule has 0 atom stereocenters. The lowest BCUT2D eigenvalue weighted by Gasteiger charge is -2.20. The third-order valence-electron chi connectivity index (χ3n) is 4.15. The van der Waals surface area contributed by atoms with Crippen molar-refractivity contribution in [3.63, 3.8) is 0 Å². The highest BCUT2D eigenvalue weighted by Gasteiger charge is 2.30. The lowest BCUT2D eigenvalue weighted by Crippen LogP contribution is -2.25. The molecule has 1 saturated carbocycles. The summed E-state index contributed by atoms with van der Waals surface area (Å²) in [4.78, 5) is 2.38. The molecule has 2 aromatic heterocycles. The molecule has 0 saturated heterocycles. The van der Waals surface area contributed by atoms with Crippen LogP contribution in [-0.2, 0) is 13.1 Å². The van der Waals surface area contributed by atoms with Gasteiger partial charge in [-0.25, -0.2) is 0 Å². The summed E-state index contributed by atoms with van der Waals surface area (Å²) < 4.78 is 16.2. The van der Waals surface area contributed by atoms with Crippen molar-refractivity contribution in [2.45, 2.75) is 32.0 Å². The Morgan fingerprint density at radius 3 is 2.62 bits per heavy atom. The van der Waals surface area contributed by atoms with Crippen LogP contribution in [0, 0.1) is 0 Å².